The van der Waals surface area contributed by atoms with Gasteiger partial charge in [0.15, 0.2) is 0 Å². The molecule has 2 N–H and O–H groups in total. The standard InChI is InChI=1S/C13H18N2O3/c1-3-15(2)13(18)14-11(12(16)17)9-10-7-5-4-6-8-10/h4-8,11H,3,9H2,1-2H3,(H,14,18)(H,16,17)/t11-/m1/s1. The van der Waals surface area contributed by atoms with Gasteiger partial charge in [0, 0.05) is 20.0 Å². The molecule has 0 spiro atoms. The van der Waals surface area contributed by atoms with Crippen LogP contribution in [0.4, 0.5) is 4.79 Å². The van der Waals surface area contributed by atoms with Gasteiger partial charge >= 0.3 is 12.0 Å². The highest BCUT2D eigenvalue weighted by atomic mass is 16.4. The van der Waals surface area contributed by atoms with Crippen LogP contribution >= 0.6 is 0 Å². The first-order chi connectivity index (χ1) is 8.54. The number of aliphatic carboxylic acids is 1. The number of carbonyl (C=O) groups is 2. The average molecular weight is 250 g/mol. The van der Waals surface area contributed by atoms with Gasteiger partial charge in [-0.15, -0.1) is 0 Å². The van der Waals surface area contributed by atoms with Crippen LogP contribution in [0.5, 0.6) is 0 Å². The molecule has 0 saturated heterocycles. The Morgan fingerprint density at radius 1 is 1.33 bits per heavy atom. The van der Waals surface area contributed by atoms with Gasteiger partial charge in [-0.3, -0.25) is 0 Å². The molecule has 0 aliphatic carbocycles. The van der Waals surface area contributed by atoms with E-state index in [0.29, 0.717) is 6.54 Å². The van der Waals surface area contributed by atoms with Crippen molar-refractivity contribution in [2.75, 3.05) is 13.6 Å². The van der Waals surface area contributed by atoms with Crippen molar-refractivity contribution in [2.45, 2.75) is 19.4 Å². The predicted molar refractivity (Wildman–Crippen MR) is 68.4 cm³/mol. The molecular weight excluding hydrogens is 232 g/mol. The van der Waals surface area contributed by atoms with Crippen LogP contribution in [-0.4, -0.2) is 41.6 Å². The second-order valence-corrected chi connectivity index (χ2v) is 4.04. The van der Waals surface area contributed by atoms with Gasteiger partial charge in [-0.05, 0) is 12.5 Å². The molecule has 0 unspecified atom stereocenters. The van der Waals surface area contributed by atoms with E-state index in [0.717, 1.165) is 5.56 Å². The summed E-state index contributed by atoms with van der Waals surface area (Å²) in [5, 5.41) is 11.6. The first kappa shape index (κ1) is 14.0. The van der Waals surface area contributed by atoms with Crippen LogP contribution in [0.15, 0.2) is 30.3 Å². The molecule has 0 fully saturated rings. The zero-order valence-corrected chi connectivity index (χ0v) is 10.6. The van der Waals surface area contributed by atoms with Gasteiger partial charge in [0.1, 0.15) is 6.04 Å². The molecule has 0 bridgehead atoms. The van der Waals surface area contributed by atoms with Gasteiger partial charge in [0.05, 0.1) is 0 Å². The quantitative estimate of drug-likeness (QED) is 0.828. The third-order valence-corrected chi connectivity index (χ3v) is 2.70. The average Bonchev–Trinajstić information content (AvgIpc) is 2.37. The molecule has 1 aromatic rings. The number of carboxylic acids is 1. The van der Waals surface area contributed by atoms with Crippen molar-refractivity contribution in [1.29, 1.82) is 0 Å². The third kappa shape index (κ3) is 4.08. The molecule has 5 nitrogen and oxygen atoms in total. The van der Waals surface area contributed by atoms with Crippen LogP contribution in [0, 0.1) is 0 Å². The summed E-state index contributed by atoms with van der Waals surface area (Å²) in [7, 11) is 1.62. The maximum Gasteiger partial charge on any atom is 0.326 e. The van der Waals surface area contributed by atoms with Crippen molar-refractivity contribution in [2.24, 2.45) is 0 Å². The van der Waals surface area contributed by atoms with E-state index in [1.54, 1.807) is 7.05 Å². The smallest absolute Gasteiger partial charge is 0.326 e. The first-order valence-corrected chi connectivity index (χ1v) is 5.83. The van der Waals surface area contributed by atoms with E-state index < -0.39 is 12.0 Å². The van der Waals surface area contributed by atoms with Gasteiger partial charge in [-0.1, -0.05) is 30.3 Å². The lowest BCUT2D eigenvalue weighted by atomic mass is 10.1. The molecule has 1 atom stereocenters. The molecule has 0 saturated carbocycles. The number of amides is 2. The van der Waals surface area contributed by atoms with Crippen LogP contribution in [0.2, 0.25) is 0 Å². The Balaban J connectivity index is 2.67. The summed E-state index contributed by atoms with van der Waals surface area (Å²) in [6.07, 6.45) is 0.277. The van der Waals surface area contributed by atoms with Gasteiger partial charge in [-0.2, -0.15) is 0 Å². The Hall–Kier alpha value is -2.04. The fraction of sp³-hybridized carbons (Fsp3) is 0.385. The summed E-state index contributed by atoms with van der Waals surface area (Å²) in [5.41, 5.74) is 0.879. The lowest BCUT2D eigenvalue weighted by molar-refractivity contribution is -0.139. The van der Waals surface area contributed by atoms with Crippen LogP contribution in [0.1, 0.15) is 12.5 Å². The fourth-order valence-electron chi connectivity index (χ4n) is 1.45. The van der Waals surface area contributed by atoms with Crippen molar-refractivity contribution in [1.82, 2.24) is 10.2 Å². The number of carbonyl (C=O) groups excluding carboxylic acids is 1. The fourth-order valence-corrected chi connectivity index (χ4v) is 1.45. The number of rotatable bonds is 5. The van der Waals surface area contributed by atoms with Crippen LogP contribution < -0.4 is 5.32 Å². The van der Waals surface area contributed by atoms with Crippen molar-refractivity contribution in [3.63, 3.8) is 0 Å². The van der Waals surface area contributed by atoms with Crippen molar-refractivity contribution in [3.8, 4) is 0 Å². The highest BCUT2D eigenvalue weighted by Gasteiger charge is 2.21. The SMILES string of the molecule is CCN(C)C(=O)N[C@H](Cc1ccccc1)C(=O)O. The molecule has 5 heteroatoms. The third-order valence-electron chi connectivity index (χ3n) is 2.70. The summed E-state index contributed by atoms with van der Waals surface area (Å²) in [5.74, 6) is -1.03. The first-order valence-electron chi connectivity index (χ1n) is 5.83. The maximum absolute atomic E-state index is 11.6. The molecule has 0 aromatic heterocycles. The van der Waals surface area contributed by atoms with E-state index in [2.05, 4.69) is 5.32 Å². The number of hydrogen-bond donors (Lipinski definition) is 2. The minimum Gasteiger partial charge on any atom is -0.480 e. The summed E-state index contributed by atoms with van der Waals surface area (Å²) < 4.78 is 0. The van der Waals surface area contributed by atoms with E-state index in [-0.39, 0.29) is 12.5 Å². The van der Waals surface area contributed by atoms with Crippen LogP contribution in [0.3, 0.4) is 0 Å². The maximum atomic E-state index is 11.6. The Labute approximate surface area is 106 Å². The van der Waals surface area contributed by atoms with E-state index in [1.807, 2.05) is 37.3 Å². The van der Waals surface area contributed by atoms with Crippen molar-refractivity contribution in [3.05, 3.63) is 35.9 Å². The lowest BCUT2D eigenvalue weighted by Gasteiger charge is -2.20. The summed E-state index contributed by atoms with van der Waals surface area (Å²) >= 11 is 0. The predicted octanol–water partition coefficient (Wildman–Crippen LogP) is 1.34. The van der Waals surface area contributed by atoms with E-state index in [4.69, 9.17) is 5.11 Å². The molecule has 0 radical (unpaired) electrons. The molecule has 1 aromatic carbocycles. The van der Waals surface area contributed by atoms with Gasteiger partial charge in [0.2, 0.25) is 0 Å². The lowest BCUT2D eigenvalue weighted by Crippen LogP contribution is -2.47. The number of nitrogens with zero attached hydrogens (tertiary/aromatic N) is 1. The number of carboxylic acid groups (broad SMARTS) is 1. The molecule has 2 amide bonds. The van der Waals surface area contributed by atoms with Crippen molar-refractivity contribution >= 4 is 12.0 Å². The molecule has 0 aliphatic heterocycles. The monoisotopic (exact) mass is 250 g/mol. The molecule has 18 heavy (non-hydrogen) atoms. The highest BCUT2D eigenvalue weighted by molar-refractivity contribution is 5.82. The molecular formula is C13H18N2O3. The van der Waals surface area contributed by atoms with E-state index in [9.17, 15) is 9.59 Å². The second-order valence-electron chi connectivity index (χ2n) is 4.04. The van der Waals surface area contributed by atoms with Crippen molar-refractivity contribution < 1.29 is 14.7 Å². The van der Waals surface area contributed by atoms with E-state index >= 15 is 0 Å². The molecule has 98 valence electrons. The minimum atomic E-state index is -1.03. The highest BCUT2D eigenvalue weighted by Crippen LogP contribution is 2.04. The van der Waals surface area contributed by atoms with Crippen LogP contribution in [0.25, 0.3) is 0 Å². The minimum absolute atomic E-state index is 0.277. The zero-order valence-electron chi connectivity index (χ0n) is 10.6. The van der Waals surface area contributed by atoms with Gasteiger partial charge < -0.3 is 15.3 Å². The Morgan fingerprint density at radius 3 is 2.44 bits per heavy atom. The molecule has 0 aliphatic rings. The number of urea groups is 1. The Morgan fingerprint density at radius 2 is 1.94 bits per heavy atom. The Bertz CT molecular complexity index is 406. The second kappa shape index (κ2) is 6.64. The van der Waals surface area contributed by atoms with Gasteiger partial charge in [0.25, 0.3) is 0 Å². The summed E-state index contributed by atoms with van der Waals surface area (Å²) in [6.45, 7) is 2.36. The van der Waals surface area contributed by atoms with E-state index in [1.165, 1.54) is 4.90 Å². The summed E-state index contributed by atoms with van der Waals surface area (Å²) in [4.78, 5) is 24.2. The largest absolute Gasteiger partial charge is 0.480 e. The normalized spacial score (nSPS) is 11.7. The number of nitrogens with one attached hydrogen (secondary N) is 1. The zero-order chi connectivity index (χ0) is 13.5. The topological polar surface area (TPSA) is 69.6 Å². The number of hydrogen-bond acceptors (Lipinski definition) is 2. The van der Waals surface area contributed by atoms with Crippen LogP contribution in [-0.2, 0) is 11.2 Å². The molecule has 1 rings (SSSR count). The molecule has 0 heterocycles. The Kier molecular flexibility index (Phi) is 5.17. The number of benzene rings is 1. The van der Waals surface area contributed by atoms with Gasteiger partial charge in [-0.25, -0.2) is 9.59 Å². The summed E-state index contributed by atoms with van der Waals surface area (Å²) in [6, 6.07) is 7.94.